The predicted octanol–water partition coefficient (Wildman–Crippen LogP) is 1.40. The summed E-state index contributed by atoms with van der Waals surface area (Å²) in [6, 6.07) is 10.4. The Morgan fingerprint density at radius 3 is 2.62 bits per heavy atom. The molecule has 0 saturated carbocycles. The standard InChI is InChI=1S/C11H13N2/c1-2-11-7-9-5-3-4-6-10(9)8-13(11)12/h3-8H,2,12H2,1H3/q+1. The summed E-state index contributed by atoms with van der Waals surface area (Å²) in [5.41, 5.74) is 1.15. The molecule has 0 aliphatic carbocycles. The van der Waals surface area contributed by atoms with Crippen molar-refractivity contribution in [2.75, 3.05) is 5.84 Å². The van der Waals surface area contributed by atoms with Gasteiger partial charge in [-0.2, -0.15) is 0 Å². The summed E-state index contributed by atoms with van der Waals surface area (Å²) in [5, 5.41) is 2.43. The molecule has 2 aromatic rings. The Hall–Kier alpha value is -1.57. The van der Waals surface area contributed by atoms with E-state index in [9.17, 15) is 0 Å². The third-order valence-corrected chi connectivity index (χ3v) is 2.29. The zero-order valence-electron chi connectivity index (χ0n) is 7.70. The smallest absolute Gasteiger partial charge is 0.205 e. The van der Waals surface area contributed by atoms with E-state index in [1.54, 1.807) is 4.68 Å². The van der Waals surface area contributed by atoms with Crippen LogP contribution in [0.4, 0.5) is 0 Å². The highest BCUT2D eigenvalue weighted by Gasteiger charge is 2.06. The molecule has 0 radical (unpaired) electrons. The van der Waals surface area contributed by atoms with Crippen molar-refractivity contribution in [3.63, 3.8) is 0 Å². The van der Waals surface area contributed by atoms with E-state index >= 15 is 0 Å². The maximum Gasteiger partial charge on any atom is 0.211 e. The van der Waals surface area contributed by atoms with Gasteiger partial charge < -0.3 is 0 Å². The molecule has 13 heavy (non-hydrogen) atoms. The van der Waals surface area contributed by atoms with E-state index in [2.05, 4.69) is 25.1 Å². The van der Waals surface area contributed by atoms with Crippen LogP contribution in [-0.2, 0) is 6.42 Å². The molecule has 0 bridgehead atoms. The number of nitrogens with two attached hydrogens (primary N) is 1. The second-order valence-electron chi connectivity index (χ2n) is 3.15. The molecule has 0 atom stereocenters. The summed E-state index contributed by atoms with van der Waals surface area (Å²) in [6.07, 6.45) is 2.93. The van der Waals surface area contributed by atoms with Gasteiger partial charge in [0.1, 0.15) is 0 Å². The first-order chi connectivity index (χ1) is 6.31. The minimum atomic E-state index is 0.960. The minimum Gasteiger partial charge on any atom is -0.205 e. The number of hydrogen-bond acceptors (Lipinski definition) is 1. The number of rotatable bonds is 1. The van der Waals surface area contributed by atoms with Gasteiger partial charge in [-0.05, 0) is 11.5 Å². The van der Waals surface area contributed by atoms with Crippen LogP contribution < -0.4 is 10.5 Å². The van der Waals surface area contributed by atoms with Crippen LogP contribution in [0.1, 0.15) is 12.6 Å². The van der Waals surface area contributed by atoms with Gasteiger partial charge in [0.15, 0.2) is 0 Å². The van der Waals surface area contributed by atoms with E-state index < -0.39 is 0 Å². The normalized spacial score (nSPS) is 10.5. The first-order valence-electron chi connectivity index (χ1n) is 4.49. The molecule has 0 spiro atoms. The maximum atomic E-state index is 5.81. The number of hydrogen-bond donors (Lipinski definition) is 1. The summed E-state index contributed by atoms with van der Waals surface area (Å²) in [5.74, 6) is 5.81. The number of aryl methyl sites for hydroxylation is 1. The van der Waals surface area contributed by atoms with Gasteiger partial charge in [0.2, 0.25) is 11.9 Å². The molecule has 0 unspecified atom stereocenters. The number of aromatic nitrogens is 1. The van der Waals surface area contributed by atoms with Crippen LogP contribution in [0.3, 0.4) is 0 Å². The van der Waals surface area contributed by atoms with E-state index in [4.69, 9.17) is 5.84 Å². The molecule has 2 rings (SSSR count). The lowest BCUT2D eigenvalue weighted by molar-refractivity contribution is -0.645. The lowest BCUT2D eigenvalue weighted by atomic mass is 10.1. The summed E-state index contributed by atoms with van der Waals surface area (Å²) in [6.45, 7) is 2.10. The van der Waals surface area contributed by atoms with E-state index in [1.165, 1.54) is 10.8 Å². The Labute approximate surface area is 77.6 Å². The predicted molar refractivity (Wildman–Crippen MR) is 53.7 cm³/mol. The highest BCUT2D eigenvalue weighted by molar-refractivity contribution is 5.80. The first-order valence-corrected chi connectivity index (χ1v) is 4.49. The first kappa shape index (κ1) is 8.05. The lowest BCUT2D eigenvalue weighted by Gasteiger charge is -1.98. The molecule has 2 nitrogen and oxygen atoms in total. The van der Waals surface area contributed by atoms with Crippen molar-refractivity contribution in [2.24, 2.45) is 0 Å². The summed E-state index contributed by atoms with van der Waals surface area (Å²) < 4.78 is 1.70. The molecule has 0 aliphatic heterocycles. The Bertz CT molecular complexity index is 435. The third-order valence-electron chi connectivity index (χ3n) is 2.29. The van der Waals surface area contributed by atoms with E-state index in [0.717, 1.165) is 12.1 Å². The van der Waals surface area contributed by atoms with Crippen molar-refractivity contribution in [1.82, 2.24) is 0 Å². The number of nitrogens with zero attached hydrogens (tertiary/aromatic N) is 1. The van der Waals surface area contributed by atoms with Crippen LogP contribution in [-0.4, -0.2) is 0 Å². The quantitative estimate of drug-likeness (QED) is 0.513. The van der Waals surface area contributed by atoms with E-state index in [1.807, 2.05) is 18.3 Å². The average Bonchev–Trinajstić information content (AvgIpc) is 2.17. The third kappa shape index (κ3) is 1.35. The monoisotopic (exact) mass is 173 g/mol. The van der Waals surface area contributed by atoms with Gasteiger partial charge in [0.25, 0.3) is 0 Å². The highest BCUT2D eigenvalue weighted by atomic mass is 15.3. The Kier molecular flexibility index (Phi) is 1.89. The second kappa shape index (κ2) is 3.05. The average molecular weight is 173 g/mol. The molecule has 2 heteroatoms. The van der Waals surface area contributed by atoms with Gasteiger partial charge in [0.05, 0.1) is 0 Å². The minimum absolute atomic E-state index is 0.960. The van der Waals surface area contributed by atoms with Gasteiger partial charge >= 0.3 is 0 Å². The number of nitrogen functional groups attached to an aromatic ring is 1. The number of benzene rings is 1. The largest absolute Gasteiger partial charge is 0.211 e. The van der Waals surface area contributed by atoms with Gasteiger partial charge in [-0.25, -0.2) is 5.84 Å². The summed E-state index contributed by atoms with van der Waals surface area (Å²) in [7, 11) is 0. The van der Waals surface area contributed by atoms with Crippen LogP contribution in [0.2, 0.25) is 0 Å². The zero-order chi connectivity index (χ0) is 9.26. The highest BCUT2D eigenvalue weighted by Crippen LogP contribution is 2.11. The molecule has 66 valence electrons. The van der Waals surface area contributed by atoms with Crippen molar-refractivity contribution >= 4 is 10.8 Å². The molecule has 2 N–H and O–H groups in total. The van der Waals surface area contributed by atoms with E-state index in [0.29, 0.717) is 0 Å². The maximum absolute atomic E-state index is 5.81. The SMILES string of the molecule is CCc1cc2ccccc2c[n+]1N. The Balaban J connectivity index is 2.74. The molecule has 0 amide bonds. The molecular weight excluding hydrogens is 160 g/mol. The number of pyridine rings is 1. The van der Waals surface area contributed by atoms with Gasteiger partial charge in [0, 0.05) is 17.9 Å². The van der Waals surface area contributed by atoms with Gasteiger partial charge in [-0.15, -0.1) is 0 Å². The van der Waals surface area contributed by atoms with E-state index in [-0.39, 0.29) is 0 Å². The van der Waals surface area contributed by atoms with Crippen LogP contribution in [0, 0.1) is 0 Å². The van der Waals surface area contributed by atoms with Crippen molar-refractivity contribution in [2.45, 2.75) is 13.3 Å². The molecule has 0 fully saturated rings. The fourth-order valence-corrected chi connectivity index (χ4v) is 1.53. The summed E-state index contributed by atoms with van der Waals surface area (Å²) in [4.78, 5) is 0. The van der Waals surface area contributed by atoms with Crippen molar-refractivity contribution in [3.05, 3.63) is 42.2 Å². The zero-order valence-corrected chi connectivity index (χ0v) is 7.70. The van der Waals surface area contributed by atoms with Crippen molar-refractivity contribution in [3.8, 4) is 0 Å². The molecule has 0 aliphatic rings. The Morgan fingerprint density at radius 2 is 1.92 bits per heavy atom. The van der Waals surface area contributed by atoms with Gasteiger partial charge in [-0.3, -0.25) is 0 Å². The van der Waals surface area contributed by atoms with Crippen LogP contribution in [0.15, 0.2) is 36.5 Å². The topological polar surface area (TPSA) is 29.9 Å². The molecule has 1 aromatic carbocycles. The van der Waals surface area contributed by atoms with Gasteiger partial charge in [-0.1, -0.05) is 29.8 Å². The second-order valence-corrected chi connectivity index (χ2v) is 3.15. The lowest BCUT2D eigenvalue weighted by Crippen LogP contribution is -2.47. The molecule has 1 aromatic heterocycles. The molecule has 0 saturated heterocycles. The number of fused-ring (bicyclic) bond motifs is 1. The molecular formula is C11H13N2+. The van der Waals surface area contributed by atoms with Crippen LogP contribution >= 0.6 is 0 Å². The van der Waals surface area contributed by atoms with Crippen molar-refractivity contribution < 1.29 is 4.68 Å². The molecule has 1 heterocycles. The fraction of sp³-hybridized carbons (Fsp3) is 0.182. The van der Waals surface area contributed by atoms with Crippen LogP contribution in [0.5, 0.6) is 0 Å². The Morgan fingerprint density at radius 1 is 1.23 bits per heavy atom. The van der Waals surface area contributed by atoms with Crippen molar-refractivity contribution in [1.29, 1.82) is 0 Å². The fourth-order valence-electron chi connectivity index (χ4n) is 1.53. The summed E-state index contributed by atoms with van der Waals surface area (Å²) >= 11 is 0. The van der Waals surface area contributed by atoms with Crippen LogP contribution in [0.25, 0.3) is 10.8 Å².